The van der Waals surface area contributed by atoms with Crippen LogP contribution in [-0.2, 0) is 14.8 Å². The van der Waals surface area contributed by atoms with Gasteiger partial charge in [-0.3, -0.25) is 4.79 Å². The van der Waals surface area contributed by atoms with Crippen LogP contribution in [0.2, 0.25) is 0 Å². The smallest absolute Gasteiger partial charge is 0.243 e. The molecule has 0 aliphatic carbocycles. The van der Waals surface area contributed by atoms with Crippen molar-refractivity contribution in [2.75, 3.05) is 41.7 Å². The zero-order chi connectivity index (χ0) is 22.2. The Kier molecular flexibility index (Phi) is 6.32. The van der Waals surface area contributed by atoms with Crippen LogP contribution in [0.25, 0.3) is 0 Å². The normalized spacial score (nSPS) is 20.3. The van der Waals surface area contributed by atoms with Crippen LogP contribution in [-0.4, -0.2) is 56.6 Å². The summed E-state index contributed by atoms with van der Waals surface area (Å²) >= 11 is 1.68. The first-order valence-corrected chi connectivity index (χ1v) is 13.1. The number of amides is 1. The highest BCUT2D eigenvalue weighted by molar-refractivity contribution is 7.99. The number of sulfonamides is 1. The average Bonchev–Trinajstić information content (AvgIpc) is 2.95. The minimum Gasteiger partial charge on any atom is -0.366 e. The molecule has 4 rings (SSSR count). The van der Waals surface area contributed by atoms with E-state index in [9.17, 15) is 13.2 Å². The van der Waals surface area contributed by atoms with Gasteiger partial charge in [0.1, 0.15) is 0 Å². The summed E-state index contributed by atoms with van der Waals surface area (Å²) in [5.74, 6) is 0.861. The second-order valence-electron chi connectivity index (χ2n) is 8.25. The molecule has 0 aromatic heterocycles. The molecule has 1 amide bonds. The Morgan fingerprint density at radius 3 is 2.61 bits per heavy atom. The number of hydrogen-bond donors (Lipinski definition) is 0. The van der Waals surface area contributed by atoms with Crippen LogP contribution in [0, 0.1) is 6.92 Å². The predicted molar refractivity (Wildman–Crippen MR) is 127 cm³/mol. The summed E-state index contributed by atoms with van der Waals surface area (Å²) in [4.78, 5) is 17.4. The van der Waals surface area contributed by atoms with E-state index in [1.807, 2.05) is 12.1 Å². The quantitative estimate of drug-likeness (QED) is 0.700. The molecule has 2 aliphatic rings. The maximum atomic E-state index is 13.5. The largest absolute Gasteiger partial charge is 0.366 e. The van der Waals surface area contributed by atoms with Gasteiger partial charge in [-0.2, -0.15) is 4.31 Å². The fourth-order valence-electron chi connectivity index (χ4n) is 4.32. The van der Waals surface area contributed by atoms with E-state index in [-0.39, 0.29) is 16.8 Å². The number of piperazine rings is 1. The van der Waals surface area contributed by atoms with Crippen molar-refractivity contribution in [1.29, 1.82) is 0 Å². The molecule has 6 nitrogen and oxygen atoms in total. The monoisotopic (exact) mass is 459 g/mol. The summed E-state index contributed by atoms with van der Waals surface area (Å²) in [5, 5.41) is 0. The van der Waals surface area contributed by atoms with Crippen LogP contribution >= 0.6 is 11.8 Å². The molecule has 0 bridgehead atoms. The third-order valence-electron chi connectivity index (χ3n) is 5.95. The molecule has 0 radical (unpaired) electrons. The van der Waals surface area contributed by atoms with E-state index >= 15 is 0 Å². The van der Waals surface area contributed by atoms with Crippen molar-refractivity contribution in [2.45, 2.75) is 43.0 Å². The van der Waals surface area contributed by atoms with Crippen LogP contribution in [0.4, 0.5) is 11.4 Å². The molecular weight excluding hydrogens is 430 g/mol. The molecule has 1 unspecified atom stereocenters. The molecule has 8 heteroatoms. The van der Waals surface area contributed by atoms with E-state index in [0.29, 0.717) is 31.9 Å². The molecule has 2 aromatic rings. The van der Waals surface area contributed by atoms with Crippen molar-refractivity contribution < 1.29 is 13.2 Å². The van der Waals surface area contributed by atoms with E-state index in [0.717, 1.165) is 22.8 Å². The molecule has 2 aliphatic heterocycles. The van der Waals surface area contributed by atoms with Crippen LogP contribution in [0.15, 0.2) is 52.3 Å². The highest BCUT2D eigenvalue weighted by atomic mass is 32.2. The molecule has 1 fully saturated rings. The summed E-state index contributed by atoms with van der Waals surface area (Å²) in [5.41, 5.74) is 3.03. The molecule has 1 saturated heterocycles. The highest BCUT2D eigenvalue weighted by Gasteiger charge is 2.33. The minimum atomic E-state index is -3.64. The lowest BCUT2D eigenvalue weighted by Crippen LogP contribution is -2.53. The van der Waals surface area contributed by atoms with Gasteiger partial charge in [0, 0.05) is 49.7 Å². The van der Waals surface area contributed by atoms with Crippen molar-refractivity contribution in [1.82, 2.24) is 4.31 Å². The third kappa shape index (κ3) is 4.47. The Bertz CT molecular complexity index is 1090. The summed E-state index contributed by atoms with van der Waals surface area (Å²) in [6.07, 6.45) is 0.888. The Hall–Kier alpha value is -2.03. The molecule has 0 spiro atoms. The van der Waals surface area contributed by atoms with Crippen LogP contribution in [0.3, 0.4) is 0 Å². The van der Waals surface area contributed by atoms with Gasteiger partial charge in [0.05, 0.1) is 10.6 Å². The Morgan fingerprint density at radius 1 is 1.10 bits per heavy atom. The van der Waals surface area contributed by atoms with E-state index < -0.39 is 10.0 Å². The lowest BCUT2D eigenvalue weighted by atomic mass is 10.1. The standard InChI is InChI=1S/C23H29N3O3S2/c1-17-6-4-7-20(14-17)25-12-11-24(16-18(25)2)31(28,29)21-8-9-23-22(15-21)26(19(3)27)10-5-13-30-23/h4,6-9,14-15,18H,5,10-13,16H2,1-3H3. The van der Waals surface area contributed by atoms with Gasteiger partial charge >= 0.3 is 0 Å². The molecule has 31 heavy (non-hydrogen) atoms. The molecule has 2 heterocycles. The summed E-state index contributed by atoms with van der Waals surface area (Å²) < 4.78 is 28.5. The van der Waals surface area contributed by atoms with Crippen molar-refractivity contribution in [3.63, 3.8) is 0 Å². The van der Waals surface area contributed by atoms with Gasteiger partial charge in [-0.05, 0) is 61.9 Å². The first-order chi connectivity index (χ1) is 14.8. The van der Waals surface area contributed by atoms with Gasteiger partial charge in [0.15, 0.2) is 0 Å². The lowest BCUT2D eigenvalue weighted by Gasteiger charge is -2.40. The number of carbonyl (C=O) groups is 1. The van der Waals surface area contributed by atoms with E-state index in [1.165, 1.54) is 12.5 Å². The van der Waals surface area contributed by atoms with Gasteiger partial charge in [0.2, 0.25) is 15.9 Å². The second kappa shape index (κ2) is 8.84. The Balaban J connectivity index is 1.59. The number of fused-ring (bicyclic) bond motifs is 1. The number of aryl methyl sites for hydroxylation is 1. The van der Waals surface area contributed by atoms with E-state index in [1.54, 1.807) is 33.1 Å². The number of rotatable bonds is 3. The van der Waals surface area contributed by atoms with Crippen LogP contribution in [0.1, 0.15) is 25.8 Å². The highest BCUT2D eigenvalue weighted by Crippen LogP contribution is 2.36. The fourth-order valence-corrected chi connectivity index (χ4v) is 6.83. The number of thioether (sulfide) groups is 1. The van der Waals surface area contributed by atoms with Crippen LogP contribution < -0.4 is 9.80 Å². The molecule has 0 N–H and O–H groups in total. The third-order valence-corrected chi connectivity index (χ3v) is 8.96. The number of nitrogens with zero attached hydrogens (tertiary/aromatic N) is 3. The molecule has 2 aromatic carbocycles. The zero-order valence-electron chi connectivity index (χ0n) is 18.2. The number of carbonyl (C=O) groups excluding carboxylic acids is 1. The van der Waals surface area contributed by atoms with Crippen molar-refractivity contribution in [3.8, 4) is 0 Å². The van der Waals surface area contributed by atoms with Gasteiger partial charge in [-0.15, -0.1) is 11.8 Å². The zero-order valence-corrected chi connectivity index (χ0v) is 19.9. The Labute approximate surface area is 189 Å². The number of hydrogen-bond acceptors (Lipinski definition) is 5. The topological polar surface area (TPSA) is 60.9 Å². The summed E-state index contributed by atoms with van der Waals surface area (Å²) in [6.45, 7) is 7.79. The summed E-state index contributed by atoms with van der Waals surface area (Å²) in [7, 11) is -3.64. The fraction of sp³-hybridized carbons (Fsp3) is 0.435. The van der Waals surface area contributed by atoms with E-state index in [2.05, 4.69) is 36.9 Å². The lowest BCUT2D eigenvalue weighted by molar-refractivity contribution is -0.116. The van der Waals surface area contributed by atoms with Gasteiger partial charge < -0.3 is 9.80 Å². The Morgan fingerprint density at radius 2 is 1.90 bits per heavy atom. The van der Waals surface area contributed by atoms with Crippen molar-refractivity contribution in [2.24, 2.45) is 0 Å². The summed E-state index contributed by atoms with van der Waals surface area (Å²) in [6, 6.07) is 13.6. The first-order valence-electron chi connectivity index (χ1n) is 10.7. The van der Waals surface area contributed by atoms with Gasteiger partial charge in [-0.1, -0.05) is 12.1 Å². The van der Waals surface area contributed by atoms with Crippen molar-refractivity contribution >= 4 is 39.1 Å². The second-order valence-corrected chi connectivity index (χ2v) is 11.3. The SMILES string of the molecule is CC(=O)N1CCCSc2ccc(S(=O)(=O)N3CCN(c4cccc(C)c4)C(C)C3)cc21. The van der Waals surface area contributed by atoms with Gasteiger partial charge in [0.25, 0.3) is 0 Å². The van der Waals surface area contributed by atoms with E-state index in [4.69, 9.17) is 0 Å². The average molecular weight is 460 g/mol. The van der Waals surface area contributed by atoms with Crippen LogP contribution in [0.5, 0.6) is 0 Å². The number of anilines is 2. The van der Waals surface area contributed by atoms with Gasteiger partial charge in [-0.25, -0.2) is 8.42 Å². The molecule has 166 valence electrons. The first kappa shape index (κ1) is 22.2. The maximum absolute atomic E-state index is 13.5. The van der Waals surface area contributed by atoms with Crippen molar-refractivity contribution in [3.05, 3.63) is 48.0 Å². The molecular formula is C23H29N3O3S2. The maximum Gasteiger partial charge on any atom is 0.243 e. The molecule has 0 saturated carbocycles. The minimum absolute atomic E-state index is 0.0568. The predicted octanol–water partition coefficient (Wildman–Crippen LogP) is 3.74. The molecule has 1 atom stereocenters. The number of benzene rings is 2.